The van der Waals surface area contributed by atoms with Crippen LogP contribution in [0, 0.1) is 5.92 Å². The highest BCUT2D eigenvalue weighted by atomic mass is 16.4. The normalized spacial score (nSPS) is 17.1. The number of carboxylic acid groups (broad SMARTS) is 1. The standard InChI is InChI=1S/C9H14N2O3/c1-5(2)4-11-7(12)3-6(8(11)10)9(13)14/h5H,3-4,10H2,1-2H3,(H,13,14). The molecule has 0 atom stereocenters. The van der Waals surface area contributed by atoms with Gasteiger partial charge in [0.1, 0.15) is 5.82 Å². The molecule has 3 N–H and O–H groups in total. The number of hydrogen-bond acceptors (Lipinski definition) is 3. The lowest BCUT2D eigenvalue weighted by Gasteiger charge is -2.19. The van der Waals surface area contributed by atoms with Crippen LogP contribution in [-0.4, -0.2) is 28.4 Å². The molecule has 0 aromatic heterocycles. The number of nitrogens with two attached hydrogens (primary N) is 1. The fourth-order valence-corrected chi connectivity index (χ4v) is 1.38. The second-order valence-corrected chi connectivity index (χ2v) is 3.74. The van der Waals surface area contributed by atoms with E-state index in [4.69, 9.17) is 10.8 Å². The number of carboxylic acids is 1. The number of aliphatic carboxylic acids is 1. The van der Waals surface area contributed by atoms with Gasteiger partial charge in [0.25, 0.3) is 0 Å². The molecule has 1 aliphatic rings. The third-order valence-electron chi connectivity index (χ3n) is 2.03. The van der Waals surface area contributed by atoms with Crippen molar-refractivity contribution >= 4 is 11.9 Å². The summed E-state index contributed by atoms with van der Waals surface area (Å²) in [5.74, 6) is -0.974. The molecule has 5 nitrogen and oxygen atoms in total. The van der Waals surface area contributed by atoms with Crippen LogP contribution in [0.15, 0.2) is 11.4 Å². The average molecular weight is 198 g/mol. The maximum Gasteiger partial charge on any atom is 0.335 e. The Hall–Kier alpha value is -1.52. The van der Waals surface area contributed by atoms with Crippen molar-refractivity contribution in [3.05, 3.63) is 11.4 Å². The molecule has 5 heteroatoms. The van der Waals surface area contributed by atoms with Gasteiger partial charge < -0.3 is 10.8 Å². The maximum atomic E-state index is 11.4. The van der Waals surface area contributed by atoms with Crippen molar-refractivity contribution in [1.82, 2.24) is 4.90 Å². The minimum Gasteiger partial charge on any atom is -0.478 e. The largest absolute Gasteiger partial charge is 0.478 e. The highest BCUT2D eigenvalue weighted by Crippen LogP contribution is 2.21. The summed E-state index contributed by atoms with van der Waals surface area (Å²) in [6.07, 6.45) is -0.0894. The fourth-order valence-electron chi connectivity index (χ4n) is 1.38. The Bertz CT molecular complexity index is 307. The topological polar surface area (TPSA) is 83.6 Å². The number of carbonyl (C=O) groups excluding carboxylic acids is 1. The van der Waals surface area contributed by atoms with Crippen molar-refractivity contribution in [3.63, 3.8) is 0 Å². The van der Waals surface area contributed by atoms with E-state index in [1.807, 2.05) is 13.8 Å². The first-order chi connectivity index (χ1) is 6.43. The highest BCUT2D eigenvalue weighted by Gasteiger charge is 2.32. The van der Waals surface area contributed by atoms with Crippen molar-refractivity contribution in [2.45, 2.75) is 20.3 Å². The lowest BCUT2D eigenvalue weighted by Crippen LogP contribution is -2.32. The molecule has 0 unspecified atom stereocenters. The van der Waals surface area contributed by atoms with E-state index in [2.05, 4.69) is 0 Å². The summed E-state index contributed by atoms with van der Waals surface area (Å²) in [6, 6.07) is 0. The summed E-state index contributed by atoms with van der Waals surface area (Å²) < 4.78 is 0. The summed E-state index contributed by atoms with van der Waals surface area (Å²) in [5.41, 5.74) is 5.58. The summed E-state index contributed by atoms with van der Waals surface area (Å²) in [7, 11) is 0. The lowest BCUT2D eigenvalue weighted by atomic mass is 10.2. The SMILES string of the molecule is CC(C)CN1C(=O)CC(C(=O)O)=C1N. The monoisotopic (exact) mass is 198 g/mol. The van der Waals surface area contributed by atoms with E-state index in [0.29, 0.717) is 6.54 Å². The summed E-state index contributed by atoms with van der Waals surface area (Å²) in [4.78, 5) is 23.4. The van der Waals surface area contributed by atoms with Gasteiger partial charge in [0.05, 0.1) is 12.0 Å². The minimum absolute atomic E-state index is 0.00986. The summed E-state index contributed by atoms with van der Waals surface area (Å²) >= 11 is 0. The predicted molar refractivity (Wildman–Crippen MR) is 50.0 cm³/mol. The van der Waals surface area contributed by atoms with Crippen LogP contribution >= 0.6 is 0 Å². The fraction of sp³-hybridized carbons (Fsp3) is 0.556. The Morgan fingerprint density at radius 3 is 2.57 bits per heavy atom. The first-order valence-corrected chi connectivity index (χ1v) is 4.45. The van der Waals surface area contributed by atoms with Gasteiger partial charge >= 0.3 is 5.97 Å². The molecule has 0 radical (unpaired) electrons. The predicted octanol–water partition coefficient (Wildman–Crippen LogP) is 0.130. The summed E-state index contributed by atoms with van der Waals surface area (Å²) in [6.45, 7) is 4.36. The lowest BCUT2D eigenvalue weighted by molar-refractivity contribution is -0.134. The number of rotatable bonds is 3. The van der Waals surface area contributed by atoms with Crippen molar-refractivity contribution in [2.24, 2.45) is 11.7 Å². The van der Waals surface area contributed by atoms with Gasteiger partial charge in [-0.3, -0.25) is 9.69 Å². The van der Waals surface area contributed by atoms with Crippen LogP contribution in [0.5, 0.6) is 0 Å². The second-order valence-electron chi connectivity index (χ2n) is 3.74. The Morgan fingerprint density at radius 2 is 2.21 bits per heavy atom. The number of nitrogens with zero attached hydrogens (tertiary/aromatic N) is 1. The molecule has 78 valence electrons. The molecule has 14 heavy (non-hydrogen) atoms. The molecule has 0 aliphatic carbocycles. The Morgan fingerprint density at radius 1 is 1.64 bits per heavy atom. The first kappa shape index (κ1) is 10.6. The van der Waals surface area contributed by atoms with Crippen LogP contribution in [-0.2, 0) is 9.59 Å². The summed E-state index contributed by atoms with van der Waals surface area (Å²) in [5, 5.41) is 8.74. The molecular weight excluding hydrogens is 184 g/mol. The van der Waals surface area contributed by atoms with Crippen LogP contribution in [0.4, 0.5) is 0 Å². The van der Waals surface area contributed by atoms with Gasteiger partial charge in [-0.05, 0) is 5.92 Å². The zero-order valence-electron chi connectivity index (χ0n) is 8.28. The van der Waals surface area contributed by atoms with Crippen LogP contribution < -0.4 is 5.73 Å². The quantitative estimate of drug-likeness (QED) is 0.675. The molecule has 0 saturated carbocycles. The van der Waals surface area contributed by atoms with Gasteiger partial charge in [0.15, 0.2) is 0 Å². The van der Waals surface area contributed by atoms with E-state index >= 15 is 0 Å². The number of amides is 1. The molecule has 1 rings (SSSR count). The third kappa shape index (κ3) is 1.86. The van der Waals surface area contributed by atoms with Crippen LogP contribution in [0.1, 0.15) is 20.3 Å². The zero-order chi connectivity index (χ0) is 10.9. The van der Waals surface area contributed by atoms with Crippen molar-refractivity contribution < 1.29 is 14.7 Å². The molecule has 0 bridgehead atoms. The van der Waals surface area contributed by atoms with E-state index in [0.717, 1.165) is 0 Å². The average Bonchev–Trinajstić information content (AvgIpc) is 2.31. The van der Waals surface area contributed by atoms with Crippen LogP contribution in [0.2, 0.25) is 0 Å². The van der Waals surface area contributed by atoms with Gasteiger partial charge in [-0.2, -0.15) is 0 Å². The van der Waals surface area contributed by atoms with Gasteiger partial charge in [0.2, 0.25) is 5.91 Å². The number of carbonyl (C=O) groups is 2. The van der Waals surface area contributed by atoms with E-state index in [9.17, 15) is 9.59 Å². The minimum atomic E-state index is -1.11. The highest BCUT2D eigenvalue weighted by molar-refractivity contribution is 5.98. The Kier molecular flexibility index (Phi) is 2.78. The van der Waals surface area contributed by atoms with Gasteiger partial charge in [0, 0.05) is 6.54 Å². The third-order valence-corrected chi connectivity index (χ3v) is 2.03. The van der Waals surface area contributed by atoms with E-state index < -0.39 is 5.97 Å². The molecule has 0 saturated heterocycles. The van der Waals surface area contributed by atoms with E-state index in [1.54, 1.807) is 0 Å². The van der Waals surface area contributed by atoms with Crippen LogP contribution in [0.25, 0.3) is 0 Å². The molecule has 0 aromatic carbocycles. The van der Waals surface area contributed by atoms with E-state index in [1.165, 1.54) is 4.90 Å². The van der Waals surface area contributed by atoms with E-state index in [-0.39, 0.29) is 29.6 Å². The molecule has 0 fully saturated rings. The van der Waals surface area contributed by atoms with Gasteiger partial charge in [-0.15, -0.1) is 0 Å². The van der Waals surface area contributed by atoms with Gasteiger partial charge in [-0.25, -0.2) is 4.79 Å². The molecule has 1 aliphatic heterocycles. The molecule has 0 aromatic rings. The van der Waals surface area contributed by atoms with Crippen molar-refractivity contribution in [1.29, 1.82) is 0 Å². The second kappa shape index (κ2) is 3.69. The first-order valence-electron chi connectivity index (χ1n) is 4.45. The van der Waals surface area contributed by atoms with Gasteiger partial charge in [-0.1, -0.05) is 13.8 Å². The molecular formula is C9H14N2O3. The Balaban J connectivity index is 2.87. The molecule has 0 spiro atoms. The Labute approximate surface area is 82.2 Å². The van der Waals surface area contributed by atoms with Crippen molar-refractivity contribution in [3.8, 4) is 0 Å². The molecule has 1 amide bonds. The smallest absolute Gasteiger partial charge is 0.335 e. The zero-order valence-corrected chi connectivity index (χ0v) is 8.28. The number of hydrogen-bond donors (Lipinski definition) is 2. The maximum absolute atomic E-state index is 11.4. The van der Waals surface area contributed by atoms with Crippen LogP contribution in [0.3, 0.4) is 0 Å². The molecule has 1 heterocycles. The van der Waals surface area contributed by atoms with Crippen molar-refractivity contribution in [2.75, 3.05) is 6.54 Å².